The number of nitriles is 1. The largest absolute Gasteiger partial charge is 0.355 e. The third-order valence-electron chi connectivity index (χ3n) is 3.71. The van der Waals surface area contributed by atoms with Crippen molar-refractivity contribution in [1.82, 2.24) is 4.98 Å². The molecule has 4 heteroatoms. The van der Waals surface area contributed by atoms with Crippen molar-refractivity contribution >= 4 is 17.4 Å². The minimum atomic E-state index is 0.459. The van der Waals surface area contributed by atoms with E-state index in [0.717, 1.165) is 31.7 Å². The van der Waals surface area contributed by atoms with Gasteiger partial charge >= 0.3 is 0 Å². The molecule has 2 aromatic rings. The molecule has 0 amide bonds. The SMILES string of the molecule is N#Cc1ccnc(N2CCc3ccccc3CC2)c1Cl. The summed E-state index contributed by atoms with van der Waals surface area (Å²) in [5, 5.41) is 9.52. The molecule has 3 nitrogen and oxygen atoms in total. The summed E-state index contributed by atoms with van der Waals surface area (Å²) in [5.74, 6) is 0.721. The zero-order chi connectivity index (χ0) is 13.9. The standard InChI is InChI=1S/C16H14ClN3/c17-15-14(11-18)5-8-19-16(15)20-9-6-12-3-1-2-4-13(12)7-10-20/h1-5,8H,6-7,9-10H2. The van der Waals surface area contributed by atoms with Gasteiger partial charge in [0.05, 0.1) is 5.56 Å². The molecule has 0 N–H and O–H groups in total. The number of aromatic nitrogens is 1. The first kappa shape index (κ1) is 13.0. The first-order chi connectivity index (χ1) is 9.79. The molecule has 0 saturated heterocycles. The Morgan fingerprint density at radius 2 is 1.75 bits per heavy atom. The second-order valence-electron chi connectivity index (χ2n) is 4.86. The van der Waals surface area contributed by atoms with Crippen LogP contribution in [-0.4, -0.2) is 18.1 Å². The summed E-state index contributed by atoms with van der Waals surface area (Å²) in [6.07, 6.45) is 3.60. The smallest absolute Gasteiger partial charge is 0.148 e. The number of nitrogens with zero attached hydrogens (tertiary/aromatic N) is 3. The van der Waals surface area contributed by atoms with Crippen LogP contribution in [0.4, 0.5) is 5.82 Å². The molecule has 0 fully saturated rings. The summed E-state index contributed by atoms with van der Waals surface area (Å²) in [6, 6.07) is 12.3. The summed E-state index contributed by atoms with van der Waals surface area (Å²) in [7, 11) is 0. The summed E-state index contributed by atoms with van der Waals surface area (Å²) in [4.78, 5) is 6.53. The van der Waals surface area contributed by atoms with Crippen LogP contribution >= 0.6 is 11.6 Å². The van der Waals surface area contributed by atoms with Crippen LogP contribution in [0, 0.1) is 11.3 Å². The number of rotatable bonds is 1. The number of anilines is 1. The van der Waals surface area contributed by atoms with Crippen LogP contribution in [0.25, 0.3) is 0 Å². The molecular weight excluding hydrogens is 270 g/mol. The van der Waals surface area contributed by atoms with Crippen molar-refractivity contribution in [2.45, 2.75) is 12.8 Å². The maximum Gasteiger partial charge on any atom is 0.148 e. The van der Waals surface area contributed by atoms with Crippen LogP contribution in [0.1, 0.15) is 16.7 Å². The van der Waals surface area contributed by atoms with Gasteiger partial charge in [0.25, 0.3) is 0 Å². The fraction of sp³-hybridized carbons (Fsp3) is 0.250. The maximum absolute atomic E-state index is 9.06. The molecule has 0 saturated carbocycles. The van der Waals surface area contributed by atoms with Gasteiger partial charge in [-0.1, -0.05) is 35.9 Å². The molecule has 0 unspecified atom stereocenters. The van der Waals surface area contributed by atoms with E-state index >= 15 is 0 Å². The molecule has 2 heterocycles. The van der Waals surface area contributed by atoms with Gasteiger partial charge in [-0.05, 0) is 30.0 Å². The number of fused-ring (bicyclic) bond motifs is 1. The van der Waals surface area contributed by atoms with Gasteiger partial charge in [-0.25, -0.2) is 4.98 Å². The number of halogens is 1. The fourth-order valence-corrected chi connectivity index (χ4v) is 2.89. The number of benzene rings is 1. The molecule has 0 radical (unpaired) electrons. The number of hydrogen-bond acceptors (Lipinski definition) is 3. The van der Waals surface area contributed by atoms with Gasteiger partial charge in [-0.3, -0.25) is 0 Å². The van der Waals surface area contributed by atoms with Crippen molar-refractivity contribution in [2.75, 3.05) is 18.0 Å². The Labute approximate surface area is 123 Å². The van der Waals surface area contributed by atoms with Crippen molar-refractivity contribution in [3.8, 4) is 6.07 Å². The average molecular weight is 284 g/mol. The molecule has 0 spiro atoms. The van der Waals surface area contributed by atoms with Gasteiger partial charge in [-0.15, -0.1) is 0 Å². The third-order valence-corrected chi connectivity index (χ3v) is 4.08. The summed E-state index contributed by atoms with van der Waals surface area (Å²) in [6.45, 7) is 1.75. The van der Waals surface area contributed by atoms with Crippen LogP contribution in [0.5, 0.6) is 0 Å². The van der Waals surface area contributed by atoms with E-state index < -0.39 is 0 Å². The van der Waals surface area contributed by atoms with E-state index in [2.05, 4.69) is 40.2 Å². The minimum absolute atomic E-state index is 0.459. The third kappa shape index (κ3) is 2.35. The molecule has 0 aliphatic carbocycles. The highest BCUT2D eigenvalue weighted by Crippen LogP contribution is 2.28. The monoisotopic (exact) mass is 283 g/mol. The van der Waals surface area contributed by atoms with E-state index in [-0.39, 0.29) is 0 Å². The number of hydrogen-bond donors (Lipinski definition) is 0. The lowest BCUT2D eigenvalue weighted by Crippen LogP contribution is -2.27. The molecule has 1 aliphatic rings. The van der Waals surface area contributed by atoms with Crippen LogP contribution in [0.15, 0.2) is 36.5 Å². The van der Waals surface area contributed by atoms with E-state index in [9.17, 15) is 0 Å². The highest BCUT2D eigenvalue weighted by Gasteiger charge is 2.18. The zero-order valence-electron chi connectivity index (χ0n) is 11.0. The van der Waals surface area contributed by atoms with E-state index in [1.165, 1.54) is 11.1 Å². The normalized spacial score (nSPS) is 14.3. The summed E-state index contributed by atoms with van der Waals surface area (Å²) < 4.78 is 0. The first-order valence-electron chi connectivity index (χ1n) is 6.66. The van der Waals surface area contributed by atoms with Gasteiger partial charge in [0, 0.05) is 19.3 Å². The Bertz CT molecular complexity index is 649. The second kappa shape index (κ2) is 5.52. The molecule has 20 heavy (non-hydrogen) atoms. The topological polar surface area (TPSA) is 39.9 Å². The van der Waals surface area contributed by atoms with Gasteiger partial charge in [0.1, 0.15) is 16.9 Å². The zero-order valence-corrected chi connectivity index (χ0v) is 11.8. The van der Waals surface area contributed by atoms with E-state index in [1.54, 1.807) is 12.3 Å². The maximum atomic E-state index is 9.06. The van der Waals surface area contributed by atoms with Crippen LogP contribution in [-0.2, 0) is 12.8 Å². The van der Waals surface area contributed by atoms with E-state index in [4.69, 9.17) is 16.9 Å². The summed E-state index contributed by atoms with van der Waals surface area (Å²) >= 11 is 6.28. The Morgan fingerprint density at radius 3 is 2.35 bits per heavy atom. The average Bonchev–Trinajstić information content (AvgIpc) is 2.70. The molecule has 3 rings (SSSR count). The van der Waals surface area contributed by atoms with Gasteiger partial charge in [0.15, 0.2) is 0 Å². The van der Waals surface area contributed by atoms with Crippen molar-refractivity contribution in [1.29, 1.82) is 5.26 Å². The highest BCUT2D eigenvalue weighted by molar-refractivity contribution is 6.34. The number of pyridine rings is 1. The highest BCUT2D eigenvalue weighted by atomic mass is 35.5. The molecule has 1 aliphatic heterocycles. The Morgan fingerprint density at radius 1 is 1.10 bits per heavy atom. The van der Waals surface area contributed by atoms with E-state index in [0.29, 0.717) is 10.6 Å². The lowest BCUT2D eigenvalue weighted by atomic mass is 10.0. The van der Waals surface area contributed by atoms with Crippen molar-refractivity contribution < 1.29 is 0 Å². The lowest BCUT2D eigenvalue weighted by Gasteiger charge is -2.22. The Balaban J connectivity index is 1.89. The molecule has 0 atom stereocenters. The molecule has 1 aromatic heterocycles. The second-order valence-corrected chi connectivity index (χ2v) is 5.24. The van der Waals surface area contributed by atoms with Gasteiger partial charge in [0.2, 0.25) is 0 Å². The summed E-state index contributed by atoms with van der Waals surface area (Å²) in [5.41, 5.74) is 3.27. The lowest BCUT2D eigenvalue weighted by molar-refractivity contribution is 0.791. The van der Waals surface area contributed by atoms with E-state index in [1.807, 2.05) is 0 Å². The molecular formula is C16H14ClN3. The van der Waals surface area contributed by atoms with Crippen molar-refractivity contribution in [3.05, 3.63) is 58.2 Å². The Kier molecular flexibility index (Phi) is 3.58. The predicted octanol–water partition coefficient (Wildman–Crippen LogP) is 3.21. The predicted molar refractivity (Wildman–Crippen MR) is 80.0 cm³/mol. The van der Waals surface area contributed by atoms with Gasteiger partial charge in [-0.2, -0.15) is 5.26 Å². The van der Waals surface area contributed by atoms with Crippen LogP contribution in [0.3, 0.4) is 0 Å². The molecule has 0 bridgehead atoms. The van der Waals surface area contributed by atoms with Crippen LogP contribution < -0.4 is 4.90 Å². The molecule has 100 valence electrons. The fourth-order valence-electron chi connectivity index (χ4n) is 2.62. The van der Waals surface area contributed by atoms with Crippen LogP contribution in [0.2, 0.25) is 5.02 Å². The van der Waals surface area contributed by atoms with Crippen molar-refractivity contribution in [2.24, 2.45) is 0 Å². The van der Waals surface area contributed by atoms with Crippen molar-refractivity contribution in [3.63, 3.8) is 0 Å². The quantitative estimate of drug-likeness (QED) is 0.807. The Hall–Kier alpha value is -2.05. The van der Waals surface area contributed by atoms with Gasteiger partial charge < -0.3 is 4.90 Å². The first-order valence-corrected chi connectivity index (χ1v) is 7.03. The minimum Gasteiger partial charge on any atom is -0.355 e. The molecule has 1 aromatic carbocycles.